The lowest BCUT2D eigenvalue weighted by atomic mass is 9.76. The van der Waals surface area contributed by atoms with Crippen LogP contribution in [0.1, 0.15) is 145 Å². The number of amides is 1. The maximum absolute atomic E-state index is 13.4. The molecule has 1 aliphatic carbocycles. The van der Waals surface area contributed by atoms with Gasteiger partial charge in [-0.1, -0.05) is 111 Å². The zero-order valence-electron chi connectivity index (χ0n) is 33.7. The van der Waals surface area contributed by atoms with Crippen molar-refractivity contribution in [3.63, 3.8) is 0 Å². The number of carbonyl (C=O) groups excluding carboxylic acids is 1. The molecule has 1 amide bonds. The smallest absolute Gasteiger partial charge is 0.407 e. The minimum Gasteiger partial charge on any atom is -0.444 e. The van der Waals surface area contributed by atoms with Gasteiger partial charge in [0.25, 0.3) is 0 Å². The van der Waals surface area contributed by atoms with Gasteiger partial charge >= 0.3 is 6.09 Å². The molecule has 6 nitrogen and oxygen atoms in total. The number of hydrogen-bond donors (Lipinski definition) is 3. The molecule has 0 saturated heterocycles. The van der Waals surface area contributed by atoms with E-state index in [2.05, 4.69) is 91.1 Å². The van der Waals surface area contributed by atoms with E-state index in [1.54, 1.807) is 0 Å². The number of benzene rings is 1. The Hall–Kier alpha value is -1.41. The number of carbonyl (C=O) groups is 1. The van der Waals surface area contributed by atoms with Gasteiger partial charge in [0, 0.05) is 0 Å². The van der Waals surface area contributed by atoms with Crippen molar-refractivity contribution in [2.24, 2.45) is 29.6 Å². The van der Waals surface area contributed by atoms with Gasteiger partial charge < -0.3 is 24.7 Å². The number of rotatable bonds is 19. The van der Waals surface area contributed by atoms with Crippen molar-refractivity contribution >= 4 is 14.4 Å². The van der Waals surface area contributed by atoms with Crippen LogP contribution in [0.25, 0.3) is 0 Å². The van der Waals surface area contributed by atoms with E-state index in [9.17, 15) is 15.0 Å². The molecule has 1 aromatic carbocycles. The quantitative estimate of drug-likeness (QED) is 0.125. The van der Waals surface area contributed by atoms with Crippen LogP contribution in [0.4, 0.5) is 4.79 Å². The summed E-state index contributed by atoms with van der Waals surface area (Å²) in [5.74, 6) is 1.88. The number of aliphatic hydroxyl groups is 2. The zero-order valence-corrected chi connectivity index (χ0v) is 34.7. The molecule has 6 atom stereocenters. The highest BCUT2D eigenvalue weighted by Crippen LogP contribution is 2.40. The molecule has 7 heteroatoms. The summed E-state index contributed by atoms with van der Waals surface area (Å²) in [5, 5.41) is 26.0. The lowest BCUT2D eigenvalue weighted by molar-refractivity contribution is -0.0380. The Bertz CT molecular complexity index is 1060. The molecule has 1 aromatic rings. The molecule has 2 rings (SSSR count). The van der Waals surface area contributed by atoms with Crippen molar-refractivity contribution in [2.75, 3.05) is 0 Å². The first-order valence-electron chi connectivity index (χ1n) is 19.7. The van der Waals surface area contributed by atoms with Crippen molar-refractivity contribution < 1.29 is 24.2 Å². The summed E-state index contributed by atoms with van der Waals surface area (Å²) in [4.78, 5) is 13.4. The van der Waals surface area contributed by atoms with Crippen LogP contribution in [0.15, 0.2) is 30.3 Å². The Kier molecular flexibility index (Phi) is 17.9. The Morgan fingerprint density at radius 2 is 1.47 bits per heavy atom. The monoisotopic (exact) mass is 704 g/mol. The predicted molar refractivity (Wildman–Crippen MR) is 208 cm³/mol. The van der Waals surface area contributed by atoms with Crippen molar-refractivity contribution in [3.05, 3.63) is 35.9 Å². The average Bonchev–Trinajstić information content (AvgIpc) is 2.97. The van der Waals surface area contributed by atoms with Crippen LogP contribution in [-0.2, 0) is 15.6 Å². The first kappa shape index (κ1) is 43.7. The van der Waals surface area contributed by atoms with E-state index in [1.165, 1.54) is 32.1 Å². The molecule has 6 unspecified atom stereocenters. The van der Waals surface area contributed by atoms with Gasteiger partial charge in [-0.3, -0.25) is 0 Å². The fourth-order valence-electron chi connectivity index (χ4n) is 7.44. The Morgan fingerprint density at radius 3 is 2.00 bits per heavy atom. The van der Waals surface area contributed by atoms with E-state index in [4.69, 9.17) is 9.16 Å². The van der Waals surface area contributed by atoms with E-state index < -0.39 is 32.2 Å². The first-order chi connectivity index (χ1) is 22.7. The summed E-state index contributed by atoms with van der Waals surface area (Å²) in [6, 6.07) is 10.1. The van der Waals surface area contributed by atoms with Gasteiger partial charge in [0.15, 0.2) is 8.32 Å². The molecule has 1 saturated carbocycles. The third-order valence-electron chi connectivity index (χ3n) is 11.0. The number of nitrogens with one attached hydrogen (secondary N) is 1. The second-order valence-corrected chi connectivity index (χ2v) is 23.6. The molecule has 3 N–H and O–H groups in total. The van der Waals surface area contributed by atoms with Crippen molar-refractivity contribution in [3.8, 4) is 0 Å². The van der Waals surface area contributed by atoms with E-state index in [0.29, 0.717) is 36.5 Å². The second kappa shape index (κ2) is 20.0. The molecule has 0 aliphatic heterocycles. The minimum atomic E-state index is -2.24. The van der Waals surface area contributed by atoms with Crippen LogP contribution >= 0.6 is 0 Å². The Morgan fingerprint density at radius 1 is 0.878 bits per heavy atom. The SMILES string of the molecule is CC(C)CC(CCC(CC1CCCCC1)C(O)C(O)CC(C)C)CC(O[Si](C)(C)C(C)(C)C)C(Cc1ccccc1)NC(=O)OC(C)(C)C. The molecule has 0 radical (unpaired) electrons. The summed E-state index contributed by atoms with van der Waals surface area (Å²) >= 11 is 0. The van der Waals surface area contributed by atoms with Gasteiger partial charge in [0.2, 0.25) is 0 Å². The summed E-state index contributed by atoms with van der Waals surface area (Å²) in [5.41, 5.74) is 0.550. The van der Waals surface area contributed by atoms with Gasteiger partial charge in [-0.05, 0) is 119 Å². The maximum Gasteiger partial charge on any atom is 0.407 e. The van der Waals surface area contributed by atoms with Gasteiger partial charge in [0.1, 0.15) is 5.60 Å². The van der Waals surface area contributed by atoms with Crippen LogP contribution in [0, 0.1) is 29.6 Å². The third-order valence-corrected chi connectivity index (χ3v) is 15.5. The van der Waals surface area contributed by atoms with Crippen molar-refractivity contribution in [1.29, 1.82) is 0 Å². The largest absolute Gasteiger partial charge is 0.444 e. The van der Waals surface area contributed by atoms with Crippen LogP contribution in [0.5, 0.6) is 0 Å². The van der Waals surface area contributed by atoms with E-state index in [1.807, 2.05) is 26.8 Å². The van der Waals surface area contributed by atoms with E-state index >= 15 is 0 Å². The average molecular weight is 704 g/mol. The molecule has 284 valence electrons. The summed E-state index contributed by atoms with van der Waals surface area (Å²) < 4.78 is 13.1. The zero-order chi connectivity index (χ0) is 37.0. The predicted octanol–water partition coefficient (Wildman–Crippen LogP) is 10.7. The second-order valence-electron chi connectivity index (χ2n) is 18.9. The van der Waals surface area contributed by atoms with Crippen LogP contribution in [0.3, 0.4) is 0 Å². The first-order valence-corrected chi connectivity index (χ1v) is 22.6. The lowest BCUT2D eigenvalue weighted by Gasteiger charge is -2.43. The van der Waals surface area contributed by atoms with Crippen LogP contribution in [0.2, 0.25) is 18.1 Å². The molecule has 0 heterocycles. The van der Waals surface area contributed by atoms with Gasteiger partial charge in [-0.25, -0.2) is 4.79 Å². The molecular weight excluding hydrogens is 627 g/mol. The molecule has 0 bridgehead atoms. The topological polar surface area (TPSA) is 88.0 Å². The van der Waals surface area contributed by atoms with Crippen LogP contribution in [-0.4, -0.2) is 54.6 Å². The van der Waals surface area contributed by atoms with E-state index in [-0.39, 0.29) is 23.1 Å². The van der Waals surface area contributed by atoms with E-state index in [0.717, 1.165) is 37.7 Å². The summed E-state index contributed by atoms with van der Waals surface area (Å²) in [7, 11) is -2.24. The fraction of sp³-hybridized carbons (Fsp3) is 0.833. The highest BCUT2D eigenvalue weighted by Gasteiger charge is 2.42. The lowest BCUT2D eigenvalue weighted by Crippen LogP contribution is -2.53. The van der Waals surface area contributed by atoms with Gasteiger partial charge in [0.05, 0.1) is 24.4 Å². The van der Waals surface area contributed by atoms with Gasteiger partial charge in [-0.2, -0.15) is 0 Å². The standard InChI is InChI=1S/C42H77NO5Si/c1-30(2)25-34(23-24-35(27-32-19-15-13-16-20-32)39(45)37(44)26-31(3)4)29-38(48-49(11,12)42(8,9)10)36(28-33-21-17-14-18-22-33)43-40(46)47-41(5,6)7/h14,17-18,21-22,30-32,34-39,44-45H,13,15-16,19-20,23-29H2,1-12H3,(H,43,46). The number of alkyl carbamates (subject to hydrolysis) is 1. The fourth-order valence-corrected chi connectivity index (χ4v) is 8.82. The van der Waals surface area contributed by atoms with Crippen molar-refractivity contribution in [1.82, 2.24) is 5.32 Å². The molecule has 0 aromatic heterocycles. The molecule has 0 spiro atoms. The Balaban J connectivity index is 2.46. The maximum atomic E-state index is 13.4. The summed E-state index contributed by atoms with van der Waals surface area (Å²) in [6.07, 6.45) is 10.3. The highest BCUT2D eigenvalue weighted by atomic mass is 28.4. The van der Waals surface area contributed by atoms with Crippen molar-refractivity contribution in [2.45, 2.75) is 194 Å². The summed E-state index contributed by atoms with van der Waals surface area (Å²) in [6.45, 7) is 25.9. The third kappa shape index (κ3) is 16.6. The number of aliphatic hydroxyl groups excluding tert-OH is 2. The molecule has 49 heavy (non-hydrogen) atoms. The molecular formula is C42H77NO5Si. The normalized spacial score (nSPS) is 18.9. The number of hydrogen-bond acceptors (Lipinski definition) is 5. The molecule has 1 fully saturated rings. The Labute approximate surface area is 303 Å². The highest BCUT2D eigenvalue weighted by molar-refractivity contribution is 6.74. The number of ether oxygens (including phenoxy) is 1. The minimum absolute atomic E-state index is 0.00373. The van der Waals surface area contributed by atoms with Gasteiger partial charge in [-0.15, -0.1) is 0 Å². The molecule has 1 aliphatic rings. The van der Waals surface area contributed by atoms with Crippen LogP contribution < -0.4 is 5.32 Å².